The molecule has 0 bridgehead atoms. The van der Waals surface area contributed by atoms with Crippen molar-refractivity contribution in [2.24, 2.45) is 5.73 Å². The summed E-state index contributed by atoms with van der Waals surface area (Å²) < 4.78 is 0. The highest BCUT2D eigenvalue weighted by Crippen LogP contribution is 2.25. The second-order valence-electron chi connectivity index (χ2n) is 5.25. The van der Waals surface area contributed by atoms with Gasteiger partial charge in [-0.05, 0) is 47.7 Å². The van der Waals surface area contributed by atoms with Crippen LogP contribution in [0, 0.1) is 0 Å². The molecule has 0 atom stereocenters. The highest BCUT2D eigenvalue weighted by molar-refractivity contribution is 5.99. The molecule has 20 heavy (non-hydrogen) atoms. The van der Waals surface area contributed by atoms with Crippen LogP contribution in [0.25, 0.3) is 0 Å². The lowest BCUT2D eigenvalue weighted by Crippen LogP contribution is -2.03. The fourth-order valence-electron chi connectivity index (χ4n) is 2.69. The summed E-state index contributed by atoms with van der Waals surface area (Å²) in [7, 11) is 0. The van der Waals surface area contributed by atoms with Crippen molar-refractivity contribution in [3.8, 4) is 0 Å². The molecular formula is C17H18N2O. The minimum Gasteiger partial charge on any atom is -0.330 e. The Morgan fingerprint density at radius 2 is 1.85 bits per heavy atom. The maximum Gasteiger partial charge on any atom is 0.228 e. The number of carbonyl (C=O) groups is 1. The van der Waals surface area contributed by atoms with Crippen LogP contribution in [0.3, 0.4) is 0 Å². The average Bonchev–Trinajstić information content (AvgIpc) is 2.79. The number of nitrogens with two attached hydrogens (primary N) is 1. The van der Waals surface area contributed by atoms with Crippen LogP contribution in [-0.4, -0.2) is 12.5 Å². The van der Waals surface area contributed by atoms with E-state index in [-0.39, 0.29) is 5.91 Å². The zero-order chi connectivity index (χ0) is 13.9. The largest absolute Gasteiger partial charge is 0.330 e. The predicted molar refractivity (Wildman–Crippen MR) is 80.8 cm³/mol. The predicted octanol–water partition coefficient (Wildman–Crippen LogP) is 2.27. The first-order chi connectivity index (χ1) is 9.74. The summed E-state index contributed by atoms with van der Waals surface area (Å²) in [5.41, 5.74) is 11.5. The zero-order valence-electron chi connectivity index (χ0n) is 11.4. The van der Waals surface area contributed by atoms with E-state index in [0.29, 0.717) is 13.0 Å². The molecule has 1 aliphatic heterocycles. The Kier molecular flexibility index (Phi) is 3.52. The molecule has 3 rings (SSSR count). The van der Waals surface area contributed by atoms with Crippen LogP contribution in [0.15, 0.2) is 42.5 Å². The molecule has 3 N–H and O–H groups in total. The molecule has 3 nitrogen and oxygen atoms in total. The van der Waals surface area contributed by atoms with Gasteiger partial charge in [-0.25, -0.2) is 0 Å². The van der Waals surface area contributed by atoms with Crippen molar-refractivity contribution in [2.75, 3.05) is 11.9 Å². The van der Waals surface area contributed by atoms with E-state index < -0.39 is 0 Å². The van der Waals surface area contributed by atoms with Gasteiger partial charge >= 0.3 is 0 Å². The Morgan fingerprint density at radius 3 is 2.70 bits per heavy atom. The van der Waals surface area contributed by atoms with Gasteiger partial charge in [0.25, 0.3) is 0 Å². The molecule has 0 fully saturated rings. The highest BCUT2D eigenvalue weighted by atomic mass is 16.1. The Labute approximate surface area is 118 Å². The van der Waals surface area contributed by atoms with Crippen molar-refractivity contribution in [1.82, 2.24) is 0 Å². The number of carbonyl (C=O) groups excluding carboxylic acids is 1. The van der Waals surface area contributed by atoms with Crippen LogP contribution in [0.2, 0.25) is 0 Å². The van der Waals surface area contributed by atoms with Crippen LogP contribution < -0.4 is 11.1 Å². The topological polar surface area (TPSA) is 55.1 Å². The van der Waals surface area contributed by atoms with Gasteiger partial charge in [0.15, 0.2) is 0 Å². The van der Waals surface area contributed by atoms with Crippen LogP contribution in [0.5, 0.6) is 0 Å². The third-order valence-electron chi connectivity index (χ3n) is 3.63. The summed E-state index contributed by atoms with van der Waals surface area (Å²) in [6.45, 7) is 0.677. The van der Waals surface area contributed by atoms with Gasteiger partial charge in [0, 0.05) is 5.69 Å². The van der Waals surface area contributed by atoms with Gasteiger partial charge < -0.3 is 11.1 Å². The van der Waals surface area contributed by atoms with E-state index in [0.717, 1.165) is 24.1 Å². The van der Waals surface area contributed by atoms with Crippen molar-refractivity contribution in [3.05, 3.63) is 64.7 Å². The lowest BCUT2D eigenvalue weighted by Gasteiger charge is -2.06. The average molecular weight is 266 g/mol. The fraction of sp³-hybridized carbons (Fsp3) is 0.235. The van der Waals surface area contributed by atoms with Crippen LogP contribution in [-0.2, 0) is 24.1 Å². The van der Waals surface area contributed by atoms with Crippen LogP contribution >= 0.6 is 0 Å². The molecule has 1 aliphatic rings. The molecule has 2 aromatic carbocycles. The number of rotatable bonds is 4. The molecule has 2 aromatic rings. The molecule has 0 aromatic heterocycles. The third-order valence-corrected chi connectivity index (χ3v) is 3.63. The number of hydrogen-bond donors (Lipinski definition) is 2. The number of hydrogen-bond acceptors (Lipinski definition) is 2. The third kappa shape index (κ3) is 2.73. The van der Waals surface area contributed by atoms with Crippen molar-refractivity contribution in [2.45, 2.75) is 19.3 Å². The summed E-state index contributed by atoms with van der Waals surface area (Å²) in [6, 6.07) is 14.8. The van der Waals surface area contributed by atoms with Gasteiger partial charge in [0.2, 0.25) is 5.91 Å². The van der Waals surface area contributed by atoms with E-state index in [1.165, 1.54) is 16.7 Å². The molecule has 1 heterocycles. The minimum atomic E-state index is 0.0853. The first-order valence-corrected chi connectivity index (χ1v) is 6.94. The summed E-state index contributed by atoms with van der Waals surface area (Å²) in [6.07, 6.45) is 2.30. The minimum absolute atomic E-state index is 0.0853. The molecule has 0 aliphatic carbocycles. The molecule has 0 unspecified atom stereocenters. The Hall–Kier alpha value is -2.13. The maximum absolute atomic E-state index is 11.4. The Morgan fingerprint density at radius 1 is 1.05 bits per heavy atom. The monoisotopic (exact) mass is 266 g/mol. The normalized spacial score (nSPS) is 13.2. The summed E-state index contributed by atoms with van der Waals surface area (Å²) in [4.78, 5) is 11.4. The first-order valence-electron chi connectivity index (χ1n) is 6.94. The maximum atomic E-state index is 11.4. The molecule has 0 saturated carbocycles. The van der Waals surface area contributed by atoms with E-state index in [9.17, 15) is 4.79 Å². The molecule has 1 amide bonds. The molecule has 102 valence electrons. The standard InChI is InChI=1S/C17H18N2O/c18-7-6-12-2-1-3-13(8-12)9-14-4-5-16-15(10-14)11-17(20)19-16/h1-5,8,10H,6-7,9,11,18H2,(H,19,20). The van der Waals surface area contributed by atoms with Crippen molar-refractivity contribution in [1.29, 1.82) is 0 Å². The number of fused-ring (bicyclic) bond motifs is 1. The molecule has 0 radical (unpaired) electrons. The van der Waals surface area contributed by atoms with Gasteiger partial charge in [-0.3, -0.25) is 4.79 Å². The number of amides is 1. The molecule has 0 spiro atoms. The van der Waals surface area contributed by atoms with E-state index in [4.69, 9.17) is 5.73 Å². The summed E-state index contributed by atoms with van der Waals surface area (Å²) >= 11 is 0. The lowest BCUT2D eigenvalue weighted by atomic mass is 9.99. The molecule has 3 heteroatoms. The van der Waals surface area contributed by atoms with E-state index in [2.05, 4.69) is 41.7 Å². The zero-order valence-corrected chi connectivity index (χ0v) is 11.4. The van der Waals surface area contributed by atoms with Gasteiger partial charge in [-0.15, -0.1) is 0 Å². The Balaban J connectivity index is 1.80. The Bertz CT molecular complexity index is 649. The fourth-order valence-corrected chi connectivity index (χ4v) is 2.69. The highest BCUT2D eigenvalue weighted by Gasteiger charge is 2.17. The van der Waals surface area contributed by atoms with E-state index >= 15 is 0 Å². The second kappa shape index (κ2) is 5.47. The van der Waals surface area contributed by atoms with Crippen LogP contribution in [0.1, 0.15) is 22.3 Å². The smallest absolute Gasteiger partial charge is 0.228 e. The van der Waals surface area contributed by atoms with Gasteiger partial charge in [0.1, 0.15) is 0 Å². The SMILES string of the molecule is NCCc1cccc(Cc2ccc3c(c2)CC(=O)N3)c1. The summed E-state index contributed by atoms with van der Waals surface area (Å²) in [5.74, 6) is 0.0853. The van der Waals surface area contributed by atoms with Crippen molar-refractivity contribution in [3.63, 3.8) is 0 Å². The first kappa shape index (κ1) is 12.9. The van der Waals surface area contributed by atoms with Gasteiger partial charge in [-0.2, -0.15) is 0 Å². The van der Waals surface area contributed by atoms with Crippen molar-refractivity contribution < 1.29 is 4.79 Å². The molecular weight excluding hydrogens is 248 g/mol. The number of benzene rings is 2. The van der Waals surface area contributed by atoms with E-state index in [1.54, 1.807) is 0 Å². The quantitative estimate of drug-likeness (QED) is 0.892. The number of anilines is 1. The van der Waals surface area contributed by atoms with Crippen LogP contribution in [0.4, 0.5) is 5.69 Å². The van der Waals surface area contributed by atoms with Gasteiger partial charge in [0.05, 0.1) is 6.42 Å². The summed E-state index contributed by atoms with van der Waals surface area (Å²) in [5, 5.41) is 2.86. The van der Waals surface area contributed by atoms with Crippen molar-refractivity contribution >= 4 is 11.6 Å². The number of nitrogens with one attached hydrogen (secondary N) is 1. The molecule has 0 saturated heterocycles. The van der Waals surface area contributed by atoms with Gasteiger partial charge in [-0.1, -0.05) is 36.4 Å². The second-order valence-corrected chi connectivity index (χ2v) is 5.25. The lowest BCUT2D eigenvalue weighted by molar-refractivity contribution is -0.115. The van der Waals surface area contributed by atoms with E-state index in [1.807, 2.05) is 6.07 Å².